The molecule has 0 saturated heterocycles. The molecule has 0 fully saturated rings. The third-order valence-electron chi connectivity index (χ3n) is 3.87. The molecule has 0 heterocycles. The van der Waals surface area contributed by atoms with E-state index in [2.05, 4.69) is 0 Å². The van der Waals surface area contributed by atoms with Crippen LogP contribution >= 0.6 is 0 Å². The van der Waals surface area contributed by atoms with E-state index in [1.807, 2.05) is 0 Å². The van der Waals surface area contributed by atoms with Crippen molar-refractivity contribution in [3.63, 3.8) is 0 Å². The summed E-state index contributed by atoms with van der Waals surface area (Å²) in [4.78, 5) is 0. The maximum atomic E-state index is 14.0. The van der Waals surface area contributed by atoms with Gasteiger partial charge in [-0.05, 0) is 0 Å². The van der Waals surface area contributed by atoms with Gasteiger partial charge < -0.3 is 0 Å². The first-order chi connectivity index (χ1) is 13.1. The molecule has 2 aromatic carbocycles. The summed E-state index contributed by atoms with van der Waals surface area (Å²) in [5.74, 6) is -22.8. The molecular formula is C17H3BF10. The van der Waals surface area contributed by atoms with Crippen LogP contribution in [0.15, 0.2) is 18.2 Å². The molecule has 0 saturated carbocycles. The van der Waals surface area contributed by atoms with Gasteiger partial charge in [0.05, 0.1) is 0 Å². The fourth-order valence-corrected chi connectivity index (χ4v) is 2.53. The predicted octanol–water partition coefficient (Wildman–Crippen LogP) is 4.23. The number of rotatable bonds is 2. The normalized spacial score (nSPS) is 14.6. The molecule has 28 heavy (non-hydrogen) atoms. The van der Waals surface area contributed by atoms with E-state index in [1.165, 1.54) is 0 Å². The molecule has 0 aromatic heterocycles. The average Bonchev–Trinajstić information content (AvgIpc) is 3.13. The molecule has 144 valence electrons. The van der Waals surface area contributed by atoms with Crippen LogP contribution in [0.1, 0.15) is 5.56 Å². The van der Waals surface area contributed by atoms with Gasteiger partial charge in [0.1, 0.15) is 0 Å². The van der Waals surface area contributed by atoms with Crippen molar-refractivity contribution < 1.29 is 43.9 Å². The van der Waals surface area contributed by atoms with Crippen molar-refractivity contribution in [2.45, 2.75) is 0 Å². The molecule has 2 aromatic rings. The Bertz CT molecular complexity index is 1060. The molecule has 11 heteroatoms. The van der Waals surface area contributed by atoms with E-state index in [0.717, 1.165) is 18.2 Å². The molecule has 0 N–H and O–H groups in total. The van der Waals surface area contributed by atoms with Gasteiger partial charge in [0, 0.05) is 0 Å². The van der Waals surface area contributed by atoms with Crippen LogP contribution < -0.4 is 5.46 Å². The zero-order valence-corrected chi connectivity index (χ0v) is 13.1. The number of halogens is 10. The molecule has 0 amide bonds. The first kappa shape index (κ1) is 19.9. The number of benzene rings is 2. The van der Waals surface area contributed by atoms with Gasteiger partial charge in [-0.3, -0.25) is 0 Å². The van der Waals surface area contributed by atoms with E-state index < -0.39 is 80.2 Å². The minimum atomic E-state index is -2.42. The molecule has 0 aliphatic heterocycles. The Morgan fingerprint density at radius 2 is 0.893 bits per heavy atom. The van der Waals surface area contributed by atoms with Gasteiger partial charge in [0.2, 0.25) is 0 Å². The van der Waals surface area contributed by atoms with E-state index in [4.69, 9.17) is 0 Å². The molecule has 3 rings (SSSR count). The average molecular weight is 408 g/mol. The second kappa shape index (κ2) is 6.95. The number of hydrogen-bond donors (Lipinski definition) is 0. The summed E-state index contributed by atoms with van der Waals surface area (Å²) in [6, 6.07) is 0. The third kappa shape index (κ3) is 2.85. The number of hydrogen-bond acceptors (Lipinski definition) is 0. The van der Waals surface area contributed by atoms with Gasteiger partial charge in [-0.25, -0.2) is 0 Å². The fraction of sp³-hybridized carbons (Fsp3) is 0. The van der Waals surface area contributed by atoms with Crippen molar-refractivity contribution in [2.24, 2.45) is 0 Å². The summed E-state index contributed by atoms with van der Waals surface area (Å²) in [5.41, 5.74) is -4.13. The van der Waals surface area contributed by atoms with Gasteiger partial charge in [0.25, 0.3) is 0 Å². The van der Waals surface area contributed by atoms with Crippen molar-refractivity contribution in [3.8, 4) is 0 Å². The Hall–Kier alpha value is -2.85. The summed E-state index contributed by atoms with van der Waals surface area (Å²) in [6.07, 6.45) is 2.78. The monoisotopic (exact) mass is 408 g/mol. The summed E-state index contributed by atoms with van der Waals surface area (Å²) in [6.45, 7) is 0.337. The molecule has 0 radical (unpaired) electrons. The summed E-state index contributed by atoms with van der Waals surface area (Å²) >= 11 is 0. The second-order valence-corrected chi connectivity index (χ2v) is 5.47. The fourth-order valence-electron chi connectivity index (χ4n) is 2.53. The van der Waals surface area contributed by atoms with Gasteiger partial charge in [0.15, 0.2) is 0 Å². The summed E-state index contributed by atoms with van der Waals surface area (Å²) in [7, 11) is 0. The van der Waals surface area contributed by atoms with Gasteiger partial charge in [-0.1, -0.05) is 0 Å². The van der Waals surface area contributed by atoms with E-state index in [1.54, 1.807) is 0 Å². The Morgan fingerprint density at radius 3 is 1.36 bits per heavy atom. The predicted molar refractivity (Wildman–Crippen MR) is 80.0 cm³/mol. The second-order valence-electron chi connectivity index (χ2n) is 5.47. The summed E-state index contributed by atoms with van der Waals surface area (Å²) < 4.78 is 135. The zero-order valence-electron chi connectivity index (χ0n) is 13.1. The maximum absolute atomic E-state index is 14.0. The molecule has 0 unspecified atom stereocenters. The molecule has 0 bridgehead atoms. The summed E-state index contributed by atoms with van der Waals surface area (Å²) in [5, 5.41) is 0. The molecule has 0 nitrogen and oxygen atoms in total. The SMILES string of the molecule is Fc1c(F)c(F)c(B=C2C=CC=C2c2c(F)c(F)c(F)c(F)c2F)c(F)c1F. The van der Waals surface area contributed by atoms with Crippen LogP contribution in [0, 0.1) is 58.2 Å². The Balaban J connectivity index is 2.24. The zero-order chi connectivity index (χ0) is 20.9. The van der Waals surface area contributed by atoms with E-state index in [9.17, 15) is 43.9 Å². The van der Waals surface area contributed by atoms with Crippen LogP contribution in [0.2, 0.25) is 0 Å². The number of allylic oxidation sites excluding steroid dienone is 4. The van der Waals surface area contributed by atoms with Crippen molar-refractivity contribution in [1.82, 2.24) is 0 Å². The Kier molecular flexibility index (Phi) is 4.94. The van der Waals surface area contributed by atoms with Crippen LogP contribution in [0.5, 0.6) is 0 Å². The third-order valence-corrected chi connectivity index (χ3v) is 3.87. The first-order valence-corrected chi connectivity index (χ1v) is 7.21. The molecule has 1 aliphatic carbocycles. The standard InChI is InChI=1S/C17H3BF10/c19-8-6(9(20)13(24)16(27)12(8)23)4-2-1-3-5(4)18-7-10(21)14(25)17(28)15(26)11(7)22/h1-3H. The van der Waals surface area contributed by atoms with Crippen LogP contribution in [0.3, 0.4) is 0 Å². The molecule has 0 spiro atoms. The van der Waals surface area contributed by atoms with E-state index in [0.29, 0.717) is 6.92 Å². The Labute approximate surface area is 150 Å². The van der Waals surface area contributed by atoms with Crippen molar-refractivity contribution in [1.29, 1.82) is 0 Å². The molecule has 1 aliphatic rings. The van der Waals surface area contributed by atoms with Crippen LogP contribution in [-0.4, -0.2) is 12.4 Å². The van der Waals surface area contributed by atoms with Crippen LogP contribution in [0.25, 0.3) is 5.57 Å². The van der Waals surface area contributed by atoms with Gasteiger partial charge >= 0.3 is 149 Å². The van der Waals surface area contributed by atoms with Crippen molar-refractivity contribution >= 4 is 23.4 Å². The topological polar surface area (TPSA) is 0 Å². The first-order valence-electron chi connectivity index (χ1n) is 7.21. The Morgan fingerprint density at radius 1 is 0.500 bits per heavy atom. The van der Waals surface area contributed by atoms with Gasteiger partial charge in [-0.15, -0.1) is 0 Å². The molecular weight excluding hydrogens is 405 g/mol. The van der Waals surface area contributed by atoms with E-state index >= 15 is 0 Å². The van der Waals surface area contributed by atoms with Crippen LogP contribution in [-0.2, 0) is 0 Å². The van der Waals surface area contributed by atoms with E-state index in [-0.39, 0.29) is 0 Å². The quantitative estimate of drug-likeness (QED) is 0.302. The van der Waals surface area contributed by atoms with Crippen LogP contribution in [0.4, 0.5) is 43.9 Å². The van der Waals surface area contributed by atoms with Crippen molar-refractivity contribution in [2.75, 3.05) is 0 Å². The van der Waals surface area contributed by atoms with Crippen molar-refractivity contribution in [3.05, 3.63) is 82.0 Å². The minimum absolute atomic E-state index is 0.337. The molecule has 0 atom stereocenters. The van der Waals surface area contributed by atoms with Gasteiger partial charge in [-0.2, -0.15) is 0 Å².